The molecular weight excluding hydrogens is 568 g/mol. The summed E-state index contributed by atoms with van der Waals surface area (Å²) in [6, 6.07) is 5.17. The summed E-state index contributed by atoms with van der Waals surface area (Å²) >= 11 is 0. The molecule has 13 heteroatoms. The van der Waals surface area contributed by atoms with E-state index in [1.165, 1.54) is 21.6 Å². The highest BCUT2D eigenvalue weighted by atomic mass is 33.1. The second-order valence-electron chi connectivity index (χ2n) is 10.3. The number of hydrogen-bond donors (Lipinski definition) is 4. The summed E-state index contributed by atoms with van der Waals surface area (Å²) in [4.78, 5) is 65.3. The quantitative estimate of drug-likeness (QED) is 0.166. The van der Waals surface area contributed by atoms with E-state index in [2.05, 4.69) is 21.3 Å². The maximum atomic E-state index is 13.7. The van der Waals surface area contributed by atoms with Gasteiger partial charge in [-0.2, -0.15) is 0 Å². The van der Waals surface area contributed by atoms with Gasteiger partial charge in [-0.15, -0.1) is 0 Å². The highest BCUT2D eigenvalue weighted by molar-refractivity contribution is 8.76. The van der Waals surface area contributed by atoms with E-state index < -0.39 is 47.4 Å². The molecule has 0 spiro atoms. The van der Waals surface area contributed by atoms with Crippen LogP contribution in [0.15, 0.2) is 36.4 Å². The van der Waals surface area contributed by atoms with Crippen molar-refractivity contribution in [2.45, 2.75) is 56.8 Å². The molecule has 2 heterocycles. The van der Waals surface area contributed by atoms with Crippen molar-refractivity contribution >= 4 is 51.6 Å². The molecule has 1 unspecified atom stereocenters. The van der Waals surface area contributed by atoms with Crippen LogP contribution in [0.2, 0.25) is 0 Å². The number of hydrogen-bond acceptors (Lipinski definition) is 10. The summed E-state index contributed by atoms with van der Waals surface area (Å²) in [5.41, 5.74) is -0.691. The van der Waals surface area contributed by atoms with Crippen LogP contribution >= 0.6 is 21.6 Å². The number of allylic oxidation sites excluding steroid dienone is 1. The lowest BCUT2D eigenvalue weighted by atomic mass is 9.91. The summed E-state index contributed by atoms with van der Waals surface area (Å²) in [7, 11) is 4.50. The number of nitrogens with one attached hydrogen (secondary N) is 4. The Morgan fingerprint density at radius 2 is 1.85 bits per heavy atom. The van der Waals surface area contributed by atoms with Gasteiger partial charge in [-0.3, -0.25) is 19.2 Å². The molecule has 0 radical (unpaired) electrons. The van der Waals surface area contributed by atoms with Crippen molar-refractivity contribution in [3.63, 3.8) is 0 Å². The highest BCUT2D eigenvalue weighted by Crippen LogP contribution is 2.24. The van der Waals surface area contributed by atoms with Gasteiger partial charge in [0.1, 0.15) is 35.8 Å². The fourth-order valence-electron chi connectivity index (χ4n) is 4.38. The number of aldehydes is 1. The van der Waals surface area contributed by atoms with Crippen LogP contribution in [0.4, 0.5) is 0 Å². The third-order valence-electron chi connectivity index (χ3n) is 6.59. The predicted octanol–water partition coefficient (Wildman–Crippen LogP) is 1.16. The molecule has 41 heavy (non-hydrogen) atoms. The zero-order valence-corrected chi connectivity index (χ0v) is 25.1. The van der Waals surface area contributed by atoms with Gasteiger partial charge in [0.25, 0.3) is 0 Å². The minimum Gasteiger partial charge on any atom is -0.497 e. The first-order valence-corrected chi connectivity index (χ1v) is 16.0. The van der Waals surface area contributed by atoms with E-state index in [4.69, 9.17) is 9.47 Å². The molecule has 1 aromatic rings. The van der Waals surface area contributed by atoms with Crippen molar-refractivity contribution in [1.82, 2.24) is 21.3 Å². The van der Waals surface area contributed by atoms with Gasteiger partial charge in [0.2, 0.25) is 17.7 Å². The van der Waals surface area contributed by atoms with Crippen molar-refractivity contribution < 1.29 is 33.4 Å². The normalized spacial score (nSPS) is 28.0. The monoisotopic (exact) mass is 606 g/mol. The topological polar surface area (TPSA) is 152 Å². The molecule has 1 aromatic carbocycles. The van der Waals surface area contributed by atoms with Crippen molar-refractivity contribution in [2.75, 3.05) is 31.7 Å². The van der Waals surface area contributed by atoms with Gasteiger partial charge in [-0.1, -0.05) is 53.6 Å². The van der Waals surface area contributed by atoms with Crippen molar-refractivity contribution in [2.24, 2.45) is 5.92 Å². The average Bonchev–Trinajstić information content (AvgIpc) is 2.94. The van der Waals surface area contributed by atoms with Crippen LogP contribution in [0.1, 0.15) is 32.3 Å². The van der Waals surface area contributed by atoms with Gasteiger partial charge in [0.15, 0.2) is 0 Å². The third-order valence-corrected chi connectivity index (χ3v) is 9.04. The van der Waals surface area contributed by atoms with Gasteiger partial charge in [-0.05, 0) is 36.1 Å². The highest BCUT2D eigenvalue weighted by Gasteiger charge is 2.36. The standard InChI is InChI=1S/C28H38N4O7S2/c1-18(2)25-27(37)30-22-15-41-40-11-5-4-6-21(12-23(34)31-25)39-24(35)14-29-16-28(17-33,32-26(22)36)13-19-7-9-20(38-3)10-8-19/h4,6-10,17-18,21-22,25,29H,5,11-16H2,1-3H3,(H,30,37)(H,31,34)(H,32,36)/b6-4+/t21?,22-,25-,28-/m1/s1. The maximum Gasteiger partial charge on any atom is 0.320 e. The summed E-state index contributed by atoms with van der Waals surface area (Å²) in [5, 5.41) is 11.3. The Morgan fingerprint density at radius 3 is 2.54 bits per heavy atom. The smallest absolute Gasteiger partial charge is 0.320 e. The van der Waals surface area contributed by atoms with Crippen LogP contribution in [0.3, 0.4) is 0 Å². The Labute approximate surface area is 248 Å². The second kappa shape index (κ2) is 15.8. The fraction of sp³-hybridized carbons (Fsp3) is 0.536. The lowest BCUT2D eigenvalue weighted by Crippen LogP contribution is -2.63. The fourth-order valence-corrected chi connectivity index (χ4v) is 6.54. The zero-order valence-electron chi connectivity index (χ0n) is 23.5. The molecule has 11 nitrogen and oxygen atoms in total. The number of benzene rings is 1. The Hall–Kier alpha value is -3.03. The van der Waals surface area contributed by atoms with Crippen LogP contribution in [-0.2, 0) is 35.1 Å². The predicted molar refractivity (Wildman–Crippen MR) is 158 cm³/mol. The number of ether oxygens (including phenoxy) is 2. The molecule has 2 aliphatic rings. The molecule has 4 atom stereocenters. The van der Waals surface area contributed by atoms with Gasteiger partial charge >= 0.3 is 5.97 Å². The van der Waals surface area contributed by atoms with E-state index in [1.54, 1.807) is 51.3 Å². The molecule has 224 valence electrons. The van der Waals surface area contributed by atoms with Crippen LogP contribution in [0.25, 0.3) is 0 Å². The first kappa shape index (κ1) is 32.5. The molecule has 4 N–H and O–H groups in total. The summed E-state index contributed by atoms with van der Waals surface area (Å²) in [6.45, 7) is 3.24. The van der Waals surface area contributed by atoms with E-state index in [-0.39, 0.29) is 37.6 Å². The molecular formula is C28H38N4O7S2. The molecule has 0 saturated carbocycles. The minimum absolute atomic E-state index is 0.0818. The summed E-state index contributed by atoms with van der Waals surface area (Å²) in [5.74, 6) is -0.870. The molecule has 1 fully saturated rings. The van der Waals surface area contributed by atoms with E-state index in [0.717, 1.165) is 5.56 Å². The van der Waals surface area contributed by atoms with Gasteiger partial charge in [0, 0.05) is 24.5 Å². The van der Waals surface area contributed by atoms with Crippen molar-refractivity contribution in [3.05, 3.63) is 42.0 Å². The molecule has 2 aliphatic heterocycles. The van der Waals surface area contributed by atoms with E-state index in [0.29, 0.717) is 24.2 Å². The number of methoxy groups -OCH3 is 1. The Balaban J connectivity index is 2.00. The van der Waals surface area contributed by atoms with Gasteiger partial charge < -0.3 is 35.5 Å². The summed E-state index contributed by atoms with van der Waals surface area (Å²) < 4.78 is 10.8. The van der Waals surface area contributed by atoms with Crippen LogP contribution in [0.5, 0.6) is 5.75 Å². The van der Waals surface area contributed by atoms with Crippen molar-refractivity contribution in [1.29, 1.82) is 0 Å². The Morgan fingerprint density at radius 1 is 1.10 bits per heavy atom. The molecule has 3 amide bonds. The number of rotatable bonds is 5. The molecule has 0 aromatic heterocycles. The number of esters is 1. The lowest BCUT2D eigenvalue weighted by molar-refractivity contribution is -0.147. The molecule has 2 bridgehead atoms. The SMILES string of the molecule is COc1ccc(C[C@]2(C=O)CNCC(=O)OC3/C=C/CCSSC[C@@H](NC(=O)[C@@H](C(C)C)NC(=O)C3)C(=O)N2)cc1. The van der Waals surface area contributed by atoms with Gasteiger partial charge in [0.05, 0.1) is 20.1 Å². The summed E-state index contributed by atoms with van der Waals surface area (Å²) in [6.07, 6.45) is 3.95. The number of fused-ring (bicyclic) bond motifs is 7. The Bertz CT molecular complexity index is 1120. The number of carbonyl (C=O) groups excluding carboxylic acids is 5. The van der Waals surface area contributed by atoms with E-state index in [1.807, 2.05) is 6.08 Å². The lowest BCUT2D eigenvalue weighted by Gasteiger charge is -2.33. The third kappa shape index (κ3) is 10.1. The van der Waals surface area contributed by atoms with Crippen LogP contribution in [-0.4, -0.2) is 85.4 Å². The Kier molecular flexibility index (Phi) is 12.5. The first-order chi connectivity index (χ1) is 19.6. The molecule has 0 aliphatic carbocycles. The minimum atomic E-state index is -1.44. The number of amides is 3. The average molecular weight is 607 g/mol. The largest absolute Gasteiger partial charge is 0.497 e. The molecule has 1 saturated heterocycles. The van der Waals surface area contributed by atoms with Gasteiger partial charge in [-0.25, -0.2) is 0 Å². The molecule has 3 rings (SSSR count). The second-order valence-corrected chi connectivity index (χ2v) is 12.9. The van der Waals surface area contributed by atoms with E-state index in [9.17, 15) is 24.0 Å². The number of carbonyl (C=O) groups is 5. The first-order valence-electron chi connectivity index (χ1n) is 13.5. The van der Waals surface area contributed by atoms with Crippen LogP contribution < -0.4 is 26.0 Å². The van der Waals surface area contributed by atoms with Crippen LogP contribution in [0, 0.1) is 5.92 Å². The zero-order chi connectivity index (χ0) is 29.8. The van der Waals surface area contributed by atoms with E-state index >= 15 is 0 Å². The maximum absolute atomic E-state index is 13.7. The van der Waals surface area contributed by atoms with Crippen molar-refractivity contribution in [3.8, 4) is 5.75 Å².